The maximum atomic E-state index is 6.62. The largest absolute Gasteiger partial charge is 0.497 e. The second-order valence-corrected chi connectivity index (χ2v) is 6.06. The van der Waals surface area contributed by atoms with E-state index in [-0.39, 0.29) is 5.38 Å². The minimum absolute atomic E-state index is 0.193. The number of benzene rings is 2. The Morgan fingerprint density at radius 3 is 2.70 bits per heavy atom. The van der Waals surface area contributed by atoms with Gasteiger partial charge in [0.05, 0.1) is 25.7 Å². The van der Waals surface area contributed by atoms with Crippen LogP contribution in [0.4, 0.5) is 0 Å². The molecule has 0 amide bonds. The van der Waals surface area contributed by atoms with Gasteiger partial charge in [-0.25, -0.2) is 0 Å². The van der Waals surface area contributed by atoms with Crippen molar-refractivity contribution in [3.05, 3.63) is 63.1 Å². The smallest absolute Gasteiger partial charge is 0.120 e. The van der Waals surface area contributed by atoms with E-state index in [0.29, 0.717) is 13.2 Å². The molecule has 104 valence electrons. The van der Waals surface area contributed by atoms with Crippen LogP contribution >= 0.6 is 27.5 Å². The summed E-state index contributed by atoms with van der Waals surface area (Å²) in [5.74, 6) is 0.812. The van der Waals surface area contributed by atoms with Crippen molar-refractivity contribution in [2.24, 2.45) is 0 Å². The molecule has 3 rings (SSSR count). The van der Waals surface area contributed by atoms with Crippen LogP contribution in [0, 0.1) is 0 Å². The summed E-state index contributed by atoms with van der Waals surface area (Å²) in [6.07, 6.45) is 0. The molecule has 4 heteroatoms. The van der Waals surface area contributed by atoms with E-state index in [1.807, 2.05) is 18.2 Å². The van der Waals surface area contributed by atoms with Gasteiger partial charge in [0.25, 0.3) is 0 Å². The van der Waals surface area contributed by atoms with E-state index in [2.05, 4.69) is 34.1 Å². The number of fused-ring (bicyclic) bond motifs is 1. The average molecular weight is 354 g/mol. The molecule has 2 aromatic rings. The van der Waals surface area contributed by atoms with Gasteiger partial charge >= 0.3 is 0 Å². The zero-order valence-electron chi connectivity index (χ0n) is 11.0. The highest BCUT2D eigenvalue weighted by Crippen LogP contribution is 2.37. The van der Waals surface area contributed by atoms with Crippen molar-refractivity contribution in [1.29, 1.82) is 0 Å². The minimum Gasteiger partial charge on any atom is -0.497 e. The number of alkyl halides is 1. The van der Waals surface area contributed by atoms with E-state index >= 15 is 0 Å². The van der Waals surface area contributed by atoms with E-state index in [1.165, 1.54) is 11.1 Å². The van der Waals surface area contributed by atoms with E-state index in [1.54, 1.807) is 7.11 Å². The van der Waals surface area contributed by atoms with Crippen LogP contribution in [0.3, 0.4) is 0 Å². The predicted octanol–water partition coefficient (Wildman–Crippen LogP) is 4.82. The zero-order valence-corrected chi connectivity index (χ0v) is 13.4. The summed E-state index contributed by atoms with van der Waals surface area (Å²) in [6.45, 7) is 1.38. The fourth-order valence-electron chi connectivity index (χ4n) is 2.37. The van der Waals surface area contributed by atoms with Crippen molar-refractivity contribution in [3.63, 3.8) is 0 Å². The molecular weight excluding hydrogens is 340 g/mol. The van der Waals surface area contributed by atoms with Gasteiger partial charge in [-0.3, -0.25) is 0 Å². The molecule has 2 aromatic carbocycles. The highest BCUT2D eigenvalue weighted by molar-refractivity contribution is 9.10. The van der Waals surface area contributed by atoms with Crippen LogP contribution in [0.15, 0.2) is 40.9 Å². The van der Waals surface area contributed by atoms with Crippen LogP contribution in [0.2, 0.25) is 0 Å². The molecule has 1 aliphatic rings. The molecule has 1 atom stereocenters. The summed E-state index contributed by atoms with van der Waals surface area (Å²) in [5.41, 5.74) is 4.61. The van der Waals surface area contributed by atoms with Gasteiger partial charge < -0.3 is 9.47 Å². The normalized spacial score (nSPS) is 14.9. The topological polar surface area (TPSA) is 18.5 Å². The van der Waals surface area contributed by atoms with Crippen molar-refractivity contribution in [1.82, 2.24) is 0 Å². The third kappa shape index (κ3) is 2.58. The molecule has 0 aromatic heterocycles. The van der Waals surface area contributed by atoms with Crippen molar-refractivity contribution in [3.8, 4) is 5.75 Å². The first kappa shape index (κ1) is 13.9. The third-order valence-corrected chi connectivity index (χ3v) is 4.69. The molecule has 1 unspecified atom stereocenters. The van der Waals surface area contributed by atoms with Crippen LogP contribution in [0.1, 0.15) is 27.6 Å². The molecule has 0 radical (unpaired) electrons. The van der Waals surface area contributed by atoms with Gasteiger partial charge in [-0.2, -0.15) is 0 Å². The van der Waals surface area contributed by atoms with Crippen LogP contribution in [-0.2, 0) is 18.0 Å². The quantitative estimate of drug-likeness (QED) is 0.737. The molecule has 0 aliphatic carbocycles. The second kappa shape index (κ2) is 5.76. The summed E-state index contributed by atoms with van der Waals surface area (Å²) < 4.78 is 11.6. The Balaban J connectivity index is 1.94. The maximum absolute atomic E-state index is 6.62. The van der Waals surface area contributed by atoms with Crippen LogP contribution in [0.25, 0.3) is 0 Å². The summed E-state index contributed by atoms with van der Waals surface area (Å²) in [6, 6.07) is 12.2. The van der Waals surface area contributed by atoms with Crippen molar-refractivity contribution in [2.75, 3.05) is 7.11 Å². The Morgan fingerprint density at radius 1 is 1.15 bits per heavy atom. The molecule has 1 heterocycles. The van der Waals surface area contributed by atoms with Crippen molar-refractivity contribution in [2.45, 2.75) is 18.6 Å². The standard InChI is InChI=1S/C16H14BrClO2/c1-19-13-4-5-14(15(17)7-13)16(18)10-2-3-11-8-20-9-12(11)6-10/h2-7,16H,8-9H2,1H3. The lowest BCUT2D eigenvalue weighted by molar-refractivity contribution is 0.134. The highest BCUT2D eigenvalue weighted by atomic mass is 79.9. The lowest BCUT2D eigenvalue weighted by atomic mass is 10.00. The van der Waals surface area contributed by atoms with E-state index in [9.17, 15) is 0 Å². The van der Waals surface area contributed by atoms with E-state index in [4.69, 9.17) is 21.1 Å². The summed E-state index contributed by atoms with van der Waals surface area (Å²) in [4.78, 5) is 0. The summed E-state index contributed by atoms with van der Waals surface area (Å²) >= 11 is 10.2. The molecule has 20 heavy (non-hydrogen) atoms. The zero-order chi connectivity index (χ0) is 14.1. The predicted molar refractivity (Wildman–Crippen MR) is 83.3 cm³/mol. The number of methoxy groups -OCH3 is 1. The maximum Gasteiger partial charge on any atom is 0.120 e. The van der Waals surface area contributed by atoms with Gasteiger partial charge in [-0.1, -0.05) is 40.2 Å². The fourth-order valence-corrected chi connectivity index (χ4v) is 3.41. The third-order valence-electron chi connectivity index (χ3n) is 3.52. The van der Waals surface area contributed by atoms with Gasteiger partial charge in [-0.15, -0.1) is 11.6 Å². The van der Waals surface area contributed by atoms with Crippen LogP contribution in [0.5, 0.6) is 5.75 Å². The average Bonchev–Trinajstić information content (AvgIpc) is 2.93. The molecule has 1 aliphatic heterocycles. The molecule has 2 nitrogen and oxygen atoms in total. The van der Waals surface area contributed by atoms with Gasteiger partial charge in [0.1, 0.15) is 5.75 Å². The first-order valence-corrected chi connectivity index (χ1v) is 7.59. The van der Waals surface area contributed by atoms with Gasteiger partial charge in [0.15, 0.2) is 0 Å². The molecule has 0 spiro atoms. The molecule has 0 bridgehead atoms. The van der Waals surface area contributed by atoms with Gasteiger partial charge in [0, 0.05) is 4.47 Å². The van der Waals surface area contributed by atoms with Crippen LogP contribution in [-0.4, -0.2) is 7.11 Å². The fraction of sp³-hybridized carbons (Fsp3) is 0.250. The number of hydrogen-bond donors (Lipinski definition) is 0. The molecule has 0 N–H and O–H groups in total. The number of rotatable bonds is 3. The van der Waals surface area contributed by atoms with E-state index in [0.717, 1.165) is 21.3 Å². The summed E-state index contributed by atoms with van der Waals surface area (Å²) in [5, 5.41) is -0.193. The highest BCUT2D eigenvalue weighted by Gasteiger charge is 2.18. The van der Waals surface area contributed by atoms with Crippen molar-refractivity contribution >= 4 is 27.5 Å². The number of halogens is 2. The first-order chi connectivity index (χ1) is 9.69. The number of ether oxygens (including phenoxy) is 2. The van der Waals surface area contributed by atoms with Gasteiger partial charge in [-0.05, 0) is 34.4 Å². The van der Waals surface area contributed by atoms with Crippen LogP contribution < -0.4 is 4.74 Å². The number of hydrogen-bond acceptors (Lipinski definition) is 2. The second-order valence-electron chi connectivity index (χ2n) is 4.77. The lowest BCUT2D eigenvalue weighted by Crippen LogP contribution is -1.97. The van der Waals surface area contributed by atoms with Crippen molar-refractivity contribution < 1.29 is 9.47 Å². The Bertz CT molecular complexity index is 642. The summed E-state index contributed by atoms with van der Waals surface area (Å²) in [7, 11) is 1.65. The molecule has 0 fully saturated rings. The molecule has 0 saturated carbocycles. The monoisotopic (exact) mass is 352 g/mol. The SMILES string of the molecule is COc1ccc(C(Cl)c2ccc3c(c2)COC3)c(Br)c1. The van der Waals surface area contributed by atoms with E-state index < -0.39 is 0 Å². The Morgan fingerprint density at radius 2 is 1.95 bits per heavy atom. The minimum atomic E-state index is -0.193. The Hall–Kier alpha value is -1.03. The Kier molecular flexibility index (Phi) is 4.01. The molecule has 0 saturated heterocycles. The molecular formula is C16H14BrClO2. The van der Waals surface area contributed by atoms with Gasteiger partial charge in [0.2, 0.25) is 0 Å². The Labute approximate surface area is 131 Å². The first-order valence-electron chi connectivity index (χ1n) is 6.36. The lowest BCUT2D eigenvalue weighted by Gasteiger charge is -2.14.